The number of rotatable bonds is 3. The van der Waals surface area contributed by atoms with E-state index < -0.39 is 0 Å². The fourth-order valence-corrected chi connectivity index (χ4v) is 6.38. The van der Waals surface area contributed by atoms with Crippen molar-refractivity contribution in [1.29, 1.82) is 5.26 Å². The quantitative estimate of drug-likeness (QED) is 0.530. The zero-order valence-corrected chi connectivity index (χ0v) is 16.4. The number of hydrogen-bond acceptors (Lipinski definition) is 1. The zero-order chi connectivity index (χ0) is 18.8. The van der Waals surface area contributed by atoms with Gasteiger partial charge in [0.15, 0.2) is 0 Å². The van der Waals surface area contributed by atoms with Gasteiger partial charge in [0.25, 0.3) is 0 Å². The third-order valence-corrected chi connectivity index (χ3v) is 8.06. The first-order valence-electron chi connectivity index (χ1n) is 11.0. The lowest BCUT2D eigenvalue weighted by molar-refractivity contribution is 0.0748. The normalized spacial score (nSPS) is 36.4. The number of hydrogen-bond donors (Lipinski definition) is 0. The van der Waals surface area contributed by atoms with Crippen LogP contribution in [-0.2, 0) is 0 Å². The minimum Gasteiger partial charge on any atom is -0.206 e. The zero-order valence-electron chi connectivity index (χ0n) is 16.4. The third kappa shape index (κ3) is 3.98. The van der Waals surface area contributed by atoms with Crippen LogP contribution in [0.3, 0.4) is 0 Å². The predicted molar refractivity (Wildman–Crippen MR) is 108 cm³/mol. The molecule has 0 N–H and O–H groups in total. The Hall–Kier alpha value is -1.62. The van der Waals surface area contributed by atoms with Crippen molar-refractivity contribution >= 4 is 0 Å². The van der Waals surface area contributed by atoms with Gasteiger partial charge in [0, 0.05) is 0 Å². The summed E-state index contributed by atoms with van der Waals surface area (Å²) in [5, 5.41) is 8.94. The molecular weight excluding hydrogens is 333 g/mol. The van der Waals surface area contributed by atoms with Crippen molar-refractivity contribution in [2.75, 3.05) is 0 Å². The van der Waals surface area contributed by atoms with Gasteiger partial charge in [-0.1, -0.05) is 12.1 Å². The lowest BCUT2D eigenvalue weighted by atomic mass is 9.60. The van der Waals surface area contributed by atoms with Crippen LogP contribution in [0.2, 0.25) is 0 Å². The molecular formula is C25H32FN. The van der Waals surface area contributed by atoms with E-state index in [0.29, 0.717) is 5.92 Å². The molecule has 27 heavy (non-hydrogen) atoms. The summed E-state index contributed by atoms with van der Waals surface area (Å²) in [6, 6.07) is 7.19. The monoisotopic (exact) mass is 365 g/mol. The van der Waals surface area contributed by atoms with E-state index in [2.05, 4.69) is 12.7 Å². The molecule has 1 aromatic carbocycles. The Morgan fingerprint density at radius 2 is 1.52 bits per heavy atom. The first-order valence-corrected chi connectivity index (χ1v) is 11.0. The van der Waals surface area contributed by atoms with Crippen molar-refractivity contribution in [2.24, 2.45) is 29.6 Å². The van der Waals surface area contributed by atoms with E-state index in [9.17, 15) is 4.39 Å². The molecule has 0 saturated heterocycles. The Morgan fingerprint density at radius 3 is 2.19 bits per heavy atom. The maximum absolute atomic E-state index is 14.0. The Morgan fingerprint density at radius 1 is 0.889 bits per heavy atom. The van der Waals surface area contributed by atoms with Gasteiger partial charge in [-0.3, -0.25) is 0 Å². The van der Waals surface area contributed by atoms with E-state index in [0.717, 1.165) is 35.2 Å². The van der Waals surface area contributed by atoms with Gasteiger partial charge in [-0.05, 0) is 117 Å². The predicted octanol–water partition coefficient (Wildman–Crippen LogP) is 6.99. The molecule has 0 aromatic heterocycles. The van der Waals surface area contributed by atoms with Crippen LogP contribution < -0.4 is 0 Å². The van der Waals surface area contributed by atoms with Gasteiger partial charge in [0.1, 0.15) is 11.9 Å². The second kappa shape index (κ2) is 8.17. The van der Waals surface area contributed by atoms with E-state index in [-0.39, 0.29) is 11.4 Å². The van der Waals surface area contributed by atoms with Crippen LogP contribution in [-0.4, -0.2) is 0 Å². The fourth-order valence-electron chi connectivity index (χ4n) is 6.38. The number of nitrogens with zero attached hydrogens (tertiary/aromatic N) is 1. The Labute approximate surface area is 163 Å². The van der Waals surface area contributed by atoms with Gasteiger partial charge in [-0.15, -0.1) is 6.58 Å². The lowest BCUT2D eigenvalue weighted by Gasteiger charge is -2.45. The minimum absolute atomic E-state index is 0.166. The topological polar surface area (TPSA) is 23.8 Å². The maximum Gasteiger partial charge on any atom is 0.141 e. The van der Waals surface area contributed by atoms with Crippen molar-refractivity contribution in [3.05, 3.63) is 47.8 Å². The molecule has 0 radical (unpaired) electrons. The van der Waals surface area contributed by atoms with Crippen molar-refractivity contribution < 1.29 is 4.39 Å². The van der Waals surface area contributed by atoms with Crippen LogP contribution in [0, 0.1) is 46.7 Å². The van der Waals surface area contributed by atoms with Gasteiger partial charge < -0.3 is 0 Å². The number of allylic oxidation sites excluding steroid dienone is 1. The molecule has 0 heterocycles. The van der Waals surface area contributed by atoms with Crippen LogP contribution >= 0.6 is 0 Å². The van der Waals surface area contributed by atoms with Gasteiger partial charge in [-0.2, -0.15) is 5.26 Å². The van der Waals surface area contributed by atoms with Gasteiger partial charge in [-0.25, -0.2) is 4.39 Å². The highest BCUT2D eigenvalue weighted by molar-refractivity contribution is 5.35. The van der Waals surface area contributed by atoms with E-state index >= 15 is 0 Å². The SMILES string of the molecule is C=CC1CCC(C2CCC3CC(c4ccc(C#N)c(F)c4)CCC3C2)CC1. The molecule has 0 spiro atoms. The van der Waals surface area contributed by atoms with Crippen molar-refractivity contribution in [2.45, 2.75) is 70.1 Å². The molecule has 3 aliphatic carbocycles. The summed E-state index contributed by atoms with van der Waals surface area (Å²) in [4.78, 5) is 0. The van der Waals surface area contributed by atoms with E-state index in [1.807, 2.05) is 12.1 Å². The molecule has 0 aliphatic heterocycles. The van der Waals surface area contributed by atoms with Gasteiger partial charge >= 0.3 is 0 Å². The van der Waals surface area contributed by atoms with Crippen molar-refractivity contribution in [3.8, 4) is 6.07 Å². The highest BCUT2D eigenvalue weighted by atomic mass is 19.1. The largest absolute Gasteiger partial charge is 0.206 e. The molecule has 3 saturated carbocycles. The highest BCUT2D eigenvalue weighted by Crippen LogP contribution is 2.50. The Kier molecular flexibility index (Phi) is 5.67. The second-order valence-electron chi connectivity index (χ2n) is 9.36. The lowest BCUT2D eigenvalue weighted by Crippen LogP contribution is -2.34. The molecule has 0 amide bonds. The van der Waals surface area contributed by atoms with Crippen LogP contribution in [0.4, 0.5) is 4.39 Å². The molecule has 2 heteroatoms. The molecule has 3 fully saturated rings. The summed E-state index contributed by atoms with van der Waals surface area (Å²) in [6.45, 7) is 3.98. The molecule has 4 unspecified atom stereocenters. The standard InChI is InChI=1S/C25H32FN/c1-2-17-3-5-18(6-4-17)19-7-8-21-14-22(10-9-20(21)13-19)23-11-12-24(16-27)25(26)15-23/h2,11-12,15,17-22H,1,3-10,13-14H2. The van der Waals surface area contributed by atoms with E-state index in [1.165, 1.54) is 64.2 Å². The van der Waals surface area contributed by atoms with Crippen LogP contribution in [0.25, 0.3) is 0 Å². The van der Waals surface area contributed by atoms with Crippen LogP contribution in [0.5, 0.6) is 0 Å². The summed E-state index contributed by atoms with van der Waals surface area (Å²) in [6.07, 6.45) is 15.6. The molecule has 4 rings (SSSR count). The summed E-state index contributed by atoms with van der Waals surface area (Å²) in [7, 11) is 0. The average Bonchev–Trinajstić information content (AvgIpc) is 2.73. The summed E-state index contributed by atoms with van der Waals surface area (Å²) in [5.41, 5.74) is 1.27. The number of nitriles is 1. The summed E-state index contributed by atoms with van der Waals surface area (Å²) in [5.74, 6) is 4.50. The van der Waals surface area contributed by atoms with E-state index in [1.54, 1.807) is 12.1 Å². The number of halogens is 1. The second-order valence-corrected chi connectivity index (χ2v) is 9.36. The van der Waals surface area contributed by atoms with Crippen LogP contribution in [0.15, 0.2) is 30.9 Å². The molecule has 1 aromatic rings. The molecule has 4 atom stereocenters. The van der Waals surface area contributed by atoms with Crippen molar-refractivity contribution in [1.82, 2.24) is 0 Å². The Balaban J connectivity index is 1.34. The molecule has 1 nitrogen and oxygen atoms in total. The third-order valence-electron chi connectivity index (χ3n) is 8.06. The maximum atomic E-state index is 14.0. The highest BCUT2D eigenvalue weighted by Gasteiger charge is 2.38. The molecule has 144 valence electrons. The number of benzene rings is 1. The minimum atomic E-state index is -0.351. The van der Waals surface area contributed by atoms with Crippen LogP contribution in [0.1, 0.15) is 81.3 Å². The van der Waals surface area contributed by atoms with Gasteiger partial charge in [0.05, 0.1) is 5.56 Å². The van der Waals surface area contributed by atoms with Gasteiger partial charge in [0.2, 0.25) is 0 Å². The molecule has 3 aliphatic rings. The molecule has 0 bridgehead atoms. The first kappa shape index (κ1) is 18.7. The summed E-state index contributed by atoms with van der Waals surface area (Å²) >= 11 is 0. The Bertz CT molecular complexity index is 710. The average molecular weight is 366 g/mol. The number of fused-ring (bicyclic) bond motifs is 1. The van der Waals surface area contributed by atoms with E-state index in [4.69, 9.17) is 5.26 Å². The smallest absolute Gasteiger partial charge is 0.141 e. The first-order chi connectivity index (χ1) is 13.2. The fraction of sp³-hybridized carbons (Fsp3) is 0.640. The summed E-state index contributed by atoms with van der Waals surface area (Å²) < 4.78 is 14.0. The van der Waals surface area contributed by atoms with Crippen molar-refractivity contribution in [3.63, 3.8) is 0 Å².